The quantitative estimate of drug-likeness (QED) is 0.0927. The number of ether oxygens (including phenoxy) is 1. The molecular weight excluding hydrogens is 871 g/mol. The van der Waals surface area contributed by atoms with E-state index in [4.69, 9.17) is 4.74 Å². The largest absolute Gasteiger partial charge is 0.435 e. The van der Waals surface area contributed by atoms with E-state index < -0.39 is 146 Å². The SMILES string of the molecule is C/C=C/OC(=O)C[C@@H]1NC(=O)[C@@H]2CSc3[nH]c4ccccc4c3C[C@H](NC(=O)[C@H]([C@@H](C)[C@@H](O)CO)NC(=O)[C@@H]3C[C@@H](O)CN3C1=O)C(=O)NCC(=O)N[C@@H]([C@@H](C)CC)C(=O)NCC(=O)N2. The summed E-state index contributed by atoms with van der Waals surface area (Å²) in [6, 6.07) is -2.17. The van der Waals surface area contributed by atoms with Gasteiger partial charge in [-0.1, -0.05) is 51.5 Å². The first-order valence-corrected chi connectivity index (χ1v) is 22.3. The topological polar surface area (TPSA) is 327 Å². The van der Waals surface area contributed by atoms with Gasteiger partial charge >= 0.3 is 5.97 Å². The summed E-state index contributed by atoms with van der Waals surface area (Å²) in [5.74, 6) is -10.1. The Morgan fingerprint density at radius 3 is 2.26 bits per heavy atom. The van der Waals surface area contributed by atoms with Crippen molar-refractivity contribution < 1.29 is 63.2 Å². The van der Waals surface area contributed by atoms with Crippen molar-refractivity contribution in [2.24, 2.45) is 11.8 Å². The predicted molar refractivity (Wildman–Crippen MR) is 232 cm³/mol. The van der Waals surface area contributed by atoms with Gasteiger partial charge in [0.15, 0.2) is 0 Å². The molecule has 65 heavy (non-hydrogen) atoms. The van der Waals surface area contributed by atoms with Gasteiger partial charge in [-0.25, -0.2) is 0 Å². The second-order valence-corrected chi connectivity index (χ2v) is 17.3. The number of carbonyl (C=O) groups excluding carboxylic acids is 9. The number of allylic oxidation sites excluding steroid dienone is 1. The molecule has 1 aromatic carbocycles. The van der Waals surface area contributed by atoms with E-state index in [1.54, 1.807) is 45.0 Å². The van der Waals surface area contributed by atoms with Crippen LogP contribution in [0.1, 0.15) is 52.5 Å². The van der Waals surface area contributed by atoms with Crippen molar-refractivity contribution in [3.63, 3.8) is 0 Å². The summed E-state index contributed by atoms with van der Waals surface area (Å²) < 4.78 is 5.06. The molecule has 1 aromatic heterocycles. The van der Waals surface area contributed by atoms with Crippen molar-refractivity contribution >= 4 is 75.9 Å². The number of aromatic nitrogens is 1. The van der Waals surface area contributed by atoms with Crippen LogP contribution >= 0.6 is 11.8 Å². The van der Waals surface area contributed by atoms with Crippen molar-refractivity contribution in [1.82, 2.24) is 47.1 Å². The smallest absolute Gasteiger partial charge is 0.313 e. The van der Waals surface area contributed by atoms with Gasteiger partial charge in [-0.15, -0.1) is 11.8 Å². The van der Waals surface area contributed by atoms with Crippen molar-refractivity contribution in [3.05, 3.63) is 42.2 Å². The van der Waals surface area contributed by atoms with E-state index in [1.807, 2.05) is 0 Å². The third-order valence-corrected chi connectivity index (χ3v) is 12.7. The number of nitrogens with one attached hydrogen (secondary N) is 8. The molecule has 1 fully saturated rings. The summed E-state index contributed by atoms with van der Waals surface area (Å²) in [4.78, 5) is 129. The predicted octanol–water partition coefficient (Wildman–Crippen LogP) is -3.05. The first-order valence-electron chi connectivity index (χ1n) is 21.3. The molecule has 2 aromatic rings. The summed E-state index contributed by atoms with van der Waals surface area (Å²) in [5.41, 5.74) is 1.03. The number of amides is 8. The first kappa shape index (κ1) is 50.0. The fraction of sp³-hybridized carbons (Fsp3) is 0.548. The number of thioether (sulfide) groups is 1. The molecule has 10 atom stereocenters. The molecule has 0 unspecified atom stereocenters. The second kappa shape index (κ2) is 22.7. The van der Waals surface area contributed by atoms with E-state index in [9.17, 15) is 58.5 Å². The molecule has 23 heteroatoms. The van der Waals surface area contributed by atoms with Crippen LogP contribution in [-0.2, 0) is 54.3 Å². The highest BCUT2D eigenvalue weighted by Crippen LogP contribution is 2.32. The number of esters is 1. The molecule has 8 amide bonds. The van der Waals surface area contributed by atoms with Crippen LogP contribution in [0.5, 0.6) is 0 Å². The van der Waals surface area contributed by atoms with E-state index in [0.29, 0.717) is 27.9 Å². The summed E-state index contributed by atoms with van der Waals surface area (Å²) in [7, 11) is 0. The van der Waals surface area contributed by atoms with Crippen LogP contribution in [0.25, 0.3) is 10.9 Å². The molecule has 11 N–H and O–H groups in total. The van der Waals surface area contributed by atoms with Crippen molar-refractivity contribution in [1.29, 1.82) is 0 Å². The Labute approximate surface area is 378 Å². The average Bonchev–Trinajstić information content (AvgIpc) is 3.86. The highest BCUT2D eigenvalue weighted by Gasteiger charge is 2.45. The molecule has 0 saturated carbocycles. The van der Waals surface area contributed by atoms with Gasteiger partial charge in [0, 0.05) is 42.0 Å². The Bertz CT molecular complexity index is 2170. The lowest BCUT2D eigenvalue weighted by molar-refractivity contribution is -0.147. The fourth-order valence-corrected chi connectivity index (χ4v) is 8.79. The van der Waals surface area contributed by atoms with Crippen LogP contribution in [0.3, 0.4) is 0 Å². The minimum absolute atomic E-state index is 0.254. The minimum Gasteiger partial charge on any atom is -0.435 e. The third kappa shape index (κ3) is 12.6. The number of fused-ring (bicyclic) bond motifs is 5. The van der Waals surface area contributed by atoms with Crippen LogP contribution in [0.15, 0.2) is 41.6 Å². The lowest BCUT2D eigenvalue weighted by Crippen LogP contribution is -2.62. The molecular formula is C42H57N9O13S. The Morgan fingerprint density at radius 1 is 0.877 bits per heavy atom. The maximum Gasteiger partial charge on any atom is 0.313 e. The van der Waals surface area contributed by atoms with E-state index in [1.165, 1.54) is 13.0 Å². The maximum absolute atomic E-state index is 14.5. The molecule has 354 valence electrons. The zero-order valence-electron chi connectivity index (χ0n) is 36.4. The van der Waals surface area contributed by atoms with Crippen molar-refractivity contribution in [2.75, 3.05) is 32.0 Å². The molecule has 0 spiro atoms. The van der Waals surface area contributed by atoms with Gasteiger partial charge in [-0.05, 0) is 24.5 Å². The second-order valence-electron chi connectivity index (χ2n) is 16.3. The lowest BCUT2D eigenvalue weighted by atomic mass is 9.93. The number of hydrogen-bond acceptors (Lipinski definition) is 14. The van der Waals surface area contributed by atoms with Gasteiger partial charge in [0.2, 0.25) is 47.3 Å². The molecule has 3 aliphatic heterocycles. The normalized spacial score (nSPS) is 27.2. The van der Waals surface area contributed by atoms with Crippen LogP contribution in [0.2, 0.25) is 0 Å². The fourth-order valence-electron chi connectivity index (χ4n) is 7.68. The number of carbonyl (C=O) groups is 9. The lowest BCUT2D eigenvalue weighted by Gasteiger charge is -2.32. The number of nitrogens with zero attached hydrogens (tertiary/aromatic N) is 1. The van der Waals surface area contributed by atoms with Crippen molar-refractivity contribution in [3.8, 4) is 0 Å². The Balaban J connectivity index is 1.70. The number of rotatable bonds is 8. The highest BCUT2D eigenvalue weighted by molar-refractivity contribution is 7.99. The molecule has 5 rings (SSSR count). The van der Waals surface area contributed by atoms with Gasteiger partial charge in [0.1, 0.15) is 36.3 Å². The number of benzene rings is 1. The third-order valence-electron chi connectivity index (χ3n) is 11.6. The Hall–Kier alpha value is -6.04. The van der Waals surface area contributed by atoms with Gasteiger partial charge in [0.25, 0.3) is 0 Å². The number of aliphatic hydroxyl groups excluding tert-OH is 3. The molecule has 0 aliphatic carbocycles. The number of aromatic amines is 1. The zero-order valence-corrected chi connectivity index (χ0v) is 37.2. The molecule has 4 heterocycles. The molecule has 22 nitrogen and oxygen atoms in total. The summed E-state index contributed by atoms with van der Waals surface area (Å²) in [6.45, 7) is 3.78. The van der Waals surface area contributed by atoms with E-state index >= 15 is 0 Å². The number of para-hydroxylation sites is 1. The van der Waals surface area contributed by atoms with Gasteiger partial charge in [-0.3, -0.25) is 43.2 Å². The molecule has 2 bridgehead atoms. The maximum atomic E-state index is 14.5. The van der Waals surface area contributed by atoms with Gasteiger partial charge in [0.05, 0.1) is 49.6 Å². The zero-order chi connectivity index (χ0) is 47.5. The molecule has 1 saturated heterocycles. The van der Waals surface area contributed by atoms with Gasteiger partial charge < -0.3 is 67.2 Å². The standard InChI is InChI=1S/C42H57N9O13S/c1-5-11-64-33(57)14-27-42(63)51-17-22(53)12-29(51)38(60)50-35(21(4)30(54)18-52)40(62)46-26-13-24-23-9-7-8-10-25(23)48-41(24)65-19-28(37(59)47-27)45-31(55)15-44-39(61)34(20(3)6-2)49-32(56)16-43-36(26)58/h5,7-11,20-22,26-30,34-35,48,52-54H,6,12-19H2,1-4H3,(H,43,58)(H,44,61)(H,45,55)(H,46,62)(H,47,59)(H,49,56)(H,50,60)/b11-5+/t20-,21-,22+,26-,27-,28-,29-,30-,34-,35-/m0/s1. The first-order chi connectivity index (χ1) is 30.9. The summed E-state index contributed by atoms with van der Waals surface area (Å²) in [5, 5.41) is 50.3. The summed E-state index contributed by atoms with van der Waals surface area (Å²) >= 11 is 1.03. The number of hydrogen-bond donors (Lipinski definition) is 11. The van der Waals surface area contributed by atoms with E-state index in [0.717, 1.165) is 22.9 Å². The monoisotopic (exact) mass is 927 g/mol. The Kier molecular flexibility index (Phi) is 17.5. The molecule has 0 radical (unpaired) electrons. The highest BCUT2D eigenvalue weighted by atomic mass is 32.2. The average molecular weight is 928 g/mol. The minimum atomic E-state index is -1.74. The Morgan fingerprint density at radius 2 is 1.57 bits per heavy atom. The van der Waals surface area contributed by atoms with Crippen LogP contribution in [-0.4, -0.2) is 159 Å². The van der Waals surface area contributed by atoms with E-state index in [-0.39, 0.29) is 18.6 Å². The van der Waals surface area contributed by atoms with Crippen LogP contribution < -0.4 is 37.2 Å². The number of H-pyrrole nitrogens is 1. The van der Waals surface area contributed by atoms with Gasteiger partial charge in [-0.2, -0.15) is 0 Å². The van der Waals surface area contributed by atoms with Crippen LogP contribution in [0.4, 0.5) is 0 Å². The number of aliphatic hydroxyl groups is 3. The van der Waals surface area contributed by atoms with E-state index in [2.05, 4.69) is 42.2 Å². The van der Waals surface area contributed by atoms with Crippen molar-refractivity contribution in [2.45, 2.75) is 107 Å². The van der Waals surface area contributed by atoms with Crippen LogP contribution in [0, 0.1) is 11.8 Å². The molecule has 3 aliphatic rings. The summed E-state index contributed by atoms with van der Waals surface area (Å²) in [6.07, 6.45) is -1.42.